The lowest BCUT2D eigenvalue weighted by atomic mass is 9.99. The second-order valence-corrected chi connectivity index (χ2v) is 8.27. The molecule has 2 saturated heterocycles. The van der Waals surface area contributed by atoms with E-state index in [0.29, 0.717) is 17.0 Å². The summed E-state index contributed by atoms with van der Waals surface area (Å²) in [5.74, 6) is 1.29. The molecule has 1 aromatic carbocycles. The van der Waals surface area contributed by atoms with E-state index in [1.54, 1.807) is 18.3 Å². The van der Waals surface area contributed by atoms with E-state index in [9.17, 15) is 9.59 Å². The van der Waals surface area contributed by atoms with E-state index in [-0.39, 0.29) is 5.91 Å². The lowest BCUT2D eigenvalue weighted by molar-refractivity contribution is 0.0696. The molecule has 0 saturated carbocycles. The maximum absolute atomic E-state index is 12.7. The van der Waals surface area contributed by atoms with Crippen molar-refractivity contribution in [3.05, 3.63) is 53.7 Å². The van der Waals surface area contributed by atoms with Crippen LogP contribution in [0.3, 0.4) is 0 Å². The van der Waals surface area contributed by atoms with Crippen molar-refractivity contribution in [2.75, 3.05) is 49.1 Å². The van der Waals surface area contributed by atoms with Crippen LogP contribution in [0.15, 0.2) is 42.6 Å². The van der Waals surface area contributed by atoms with Gasteiger partial charge in [0, 0.05) is 56.7 Å². The highest BCUT2D eigenvalue weighted by Gasteiger charge is 2.23. The molecule has 2 N–H and O–H groups in total. The van der Waals surface area contributed by atoms with Gasteiger partial charge in [0.15, 0.2) is 0 Å². The number of aromatic nitrogens is 1. The predicted octanol–water partition coefficient (Wildman–Crippen LogP) is 2.38. The number of nitrogens with two attached hydrogens (primary N) is 1. The summed E-state index contributed by atoms with van der Waals surface area (Å²) < 4.78 is 0. The van der Waals surface area contributed by atoms with Gasteiger partial charge < -0.3 is 20.4 Å². The molecule has 2 amide bonds. The number of benzene rings is 1. The molecule has 1 aromatic heterocycles. The van der Waals surface area contributed by atoms with E-state index in [1.165, 1.54) is 0 Å². The van der Waals surface area contributed by atoms with Crippen LogP contribution in [0.25, 0.3) is 0 Å². The summed E-state index contributed by atoms with van der Waals surface area (Å²) in [7, 11) is 0. The van der Waals surface area contributed by atoms with Gasteiger partial charge in [-0.05, 0) is 55.2 Å². The highest BCUT2D eigenvalue weighted by molar-refractivity contribution is 5.94. The number of nitrogens with zero attached hydrogens (tertiary/aromatic N) is 4. The quantitative estimate of drug-likeness (QED) is 0.841. The van der Waals surface area contributed by atoms with Crippen LogP contribution >= 0.6 is 0 Å². The van der Waals surface area contributed by atoms with E-state index in [4.69, 9.17) is 5.73 Å². The maximum atomic E-state index is 12.7. The van der Waals surface area contributed by atoms with E-state index >= 15 is 0 Å². The Morgan fingerprint density at radius 1 is 0.867 bits per heavy atom. The molecule has 30 heavy (non-hydrogen) atoms. The molecule has 0 radical (unpaired) electrons. The number of hydrogen-bond donors (Lipinski definition) is 1. The van der Waals surface area contributed by atoms with Crippen molar-refractivity contribution >= 4 is 23.3 Å². The highest BCUT2D eigenvalue weighted by atomic mass is 16.2. The molecule has 7 heteroatoms. The van der Waals surface area contributed by atoms with Crippen LogP contribution in [0.1, 0.15) is 40.5 Å². The van der Waals surface area contributed by atoms with Crippen molar-refractivity contribution in [1.29, 1.82) is 0 Å². The van der Waals surface area contributed by atoms with Gasteiger partial charge >= 0.3 is 0 Å². The molecule has 0 bridgehead atoms. The predicted molar refractivity (Wildman–Crippen MR) is 118 cm³/mol. The summed E-state index contributed by atoms with van der Waals surface area (Å²) >= 11 is 0. The van der Waals surface area contributed by atoms with Gasteiger partial charge in [-0.2, -0.15) is 0 Å². The summed E-state index contributed by atoms with van der Waals surface area (Å²) in [4.78, 5) is 35.0. The third-order valence-electron chi connectivity index (χ3n) is 6.19. The Morgan fingerprint density at radius 2 is 1.47 bits per heavy atom. The fourth-order valence-corrected chi connectivity index (χ4v) is 4.12. The standard InChI is InChI=1S/C23H29N5O2/c1-17-8-10-28(11-9-17)23(30)19-4-7-21(25-16-19)27-14-12-26(13-15-27)20-5-2-18(3-6-20)22(24)29/h2-7,16-17H,8-15H2,1H3,(H2,24,29). The Bertz CT molecular complexity index is 881. The number of primary amides is 1. The van der Waals surface area contributed by atoms with E-state index in [2.05, 4.69) is 21.7 Å². The summed E-state index contributed by atoms with van der Waals surface area (Å²) in [5.41, 5.74) is 7.59. The fourth-order valence-electron chi connectivity index (χ4n) is 4.12. The fraction of sp³-hybridized carbons (Fsp3) is 0.435. The molecule has 2 fully saturated rings. The number of carbonyl (C=O) groups excluding carboxylic acids is 2. The zero-order valence-corrected chi connectivity index (χ0v) is 17.5. The number of piperazine rings is 1. The SMILES string of the molecule is CC1CCN(C(=O)c2ccc(N3CCN(c4ccc(C(N)=O)cc4)CC3)nc2)CC1. The Hall–Kier alpha value is -3.09. The molecule has 3 heterocycles. The van der Waals surface area contributed by atoms with Gasteiger partial charge in [0.25, 0.3) is 5.91 Å². The zero-order chi connectivity index (χ0) is 21.1. The molecule has 0 aliphatic carbocycles. The number of amides is 2. The van der Waals surface area contributed by atoms with Crippen LogP contribution in [0.4, 0.5) is 11.5 Å². The van der Waals surface area contributed by atoms with Crippen LogP contribution in [0.5, 0.6) is 0 Å². The monoisotopic (exact) mass is 407 g/mol. The van der Waals surface area contributed by atoms with Crippen LogP contribution in [0.2, 0.25) is 0 Å². The molecule has 2 aliphatic heterocycles. The lowest BCUT2D eigenvalue weighted by Gasteiger charge is -2.36. The Balaban J connectivity index is 1.33. The number of rotatable bonds is 4. The number of piperidine rings is 1. The van der Waals surface area contributed by atoms with Crippen molar-refractivity contribution in [1.82, 2.24) is 9.88 Å². The zero-order valence-electron chi connectivity index (χ0n) is 17.5. The van der Waals surface area contributed by atoms with Crippen molar-refractivity contribution in [3.8, 4) is 0 Å². The van der Waals surface area contributed by atoms with Gasteiger partial charge in [-0.15, -0.1) is 0 Å². The van der Waals surface area contributed by atoms with Gasteiger partial charge in [0.1, 0.15) is 5.82 Å². The Kier molecular flexibility index (Phi) is 5.88. The van der Waals surface area contributed by atoms with Crippen molar-refractivity contribution in [2.24, 2.45) is 11.7 Å². The smallest absolute Gasteiger partial charge is 0.255 e. The van der Waals surface area contributed by atoms with E-state index in [0.717, 1.165) is 63.6 Å². The minimum Gasteiger partial charge on any atom is -0.368 e. The average molecular weight is 408 g/mol. The lowest BCUT2D eigenvalue weighted by Crippen LogP contribution is -2.46. The minimum absolute atomic E-state index is 0.0881. The van der Waals surface area contributed by atoms with E-state index in [1.807, 2.05) is 29.2 Å². The normalized spacial score (nSPS) is 17.8. The van der Waals surface area contributed by atoms with Crippen LogP contribution in [-0.4, -0.2) is 61.0 Å². The van der Waals surface area contributed by atoms with Crippen molar-refractivity contribution in [3.63, 3.8) is 0 Å². The molecule has 0 unspecified atom stereocenters. The third-order valence-corrected chi connectivity index (χ3v) is 6.19. The second kappa shape index (κ2) is 8.73. The Morgan fingerprint density at radius 3 is 2.03 bits per heavy atom. The second-order valence-electron chi connectivity index (χ2n) is 8.27. The van der Waals surface area contributed by atoms with Gasteiger partial charge in [-0.3, -0.25) is 9.59 Å². The number of carbonyl (C=O) groups is 2. The minimum atomic E-state index is -0.408. The van der Waals surface area contributed by atoms with Crippen molar-refractivity contribution in [2.45, 2.75) is 19.8 Å². The molecule has 2 aromatic rings. The molecule has 2 aliphatic rings. The van der Waals surface area contributed by atoms with Gasteiger partial charge in [0.2, 0.25) is 5.91 Å². The van der Waals surface area contributed by atoms with E-state index < -0.39 is 5.91 Å². The first kappa shape index (κ1) is 20.2. The first-order valence-corrected chi connectivity index (χ1v) is 10.7. The van der Waals surface area contributed by atoms with Gasteiger partial charge in [0.05, 0.1) is 5.56 Å². The first-order valence-electron chi connectivity index (χ1n) is 10.7. The molecule has 0 spiro atoms. The molecule has 0 atom stereocenters. The maximum Gasteiger partial charge on any atom is 0.255 e. The molecule has 4 rings (SSSR count). The van der Waals surface area contributed by atoms with Gasteiger partial charge in [-0.25, -0.2) is 4.98 Å². The average Bonchev–Trinajstić information content (AvgIpc) is 2.79. The third kappa shape index (κ3) is 4.40. The highest BCUT2D eigenvalue weighted by Crippen LogP contribution is 2.21. The van der Waals surface area contributed by atoms with Crippen LogP contribution in [0, 0.1) is 5.92 Å². The molecule has 158 valence electrons. The van der Waals surface area contributed by atoms with Crippen LogP contribution < -0.4 is 15.5 Å². The summed E-state index contributed by atoms with van der Waals surface area (Å²) in [5, 5.41) is 0. The summed E-state index contributed by atoms with van der Waals surface area (Å²) in [6, 6.07) is 11.3. The topological polar surface area (TPSA) is 82.8 Å². The Labute approximate surface area is 177 Å². The summed E-state index contributed by atoms with van der Waals surface area (Å²) in [6.07, 6.45) is 3.87. The number of anilines is 2. The number of hydrogen-bond acceptors (Lipinski definition) is 5. The number of likely N-dealkylation sites (tertiary alicyclic amines) is 1. The summed E-state index contributed by atoms with van der Waals surface area (Å²) in [6.45, 7) is 7.35. The molecular weight excluding hydrogens is 378 g/mol. The largest absolute Gasteiger partial charge is 0.368 e. The molecule has 7 nitrogen and oxygen atoms in total. The number of pyridine rings is 1. The van der Waals surface area contributed by atoms with Gasteiger partial charge in [-0.1, -0.05) is 6.92 Å². The first-order chi connectivity index (χ1) is 14.5. The van der Waals surface area contributed by atoms with Crippen LogP contribution in [-0.2, 0) is 0 Å². The molecular formula is C23H29N5O2. The van der Waals surface area contributed by atoms with Crippen molar-refractivity contribution < 1.29 is 9.59 Å².